The molecule has 71 heavy (non-hydrogen) atoms. The van der Waals surface area contributed by atoms with Gasteiger partial charge in [0.1, 0.15) is 38.3 Å². The van der Waals surface area contributed by atoms with Crippen molar-refractivity contribution in [1.82, 2.24) is 38.8 Å². The zero-order valence-electron chi connectivity index (χ0n) is 42.1. The summed E-state index contributed by atoms with van der Waals surface area (Å²) in [7, 11) is -1.73. The first-order valence-electron chi connectivity index (χ1n) is 22.0. The number of amides is 2. The highest BCUT2D eigenvalue weighted by Crippen LogP contribution is 2.30. The van der Waals surface area contributed by atoms with Crippen LogP contribution in [0.5, 0.6) is 0 Å². The molecule has 2 amide bonds. The van der Waals surface area contributed by atoms with Crippen LogP contribution < -0.4 is 10.6 Å². The van der Waals surface area contributed by atoms with Gasteiger partial charge in [0.05, 0.1) is 46.3 Å². The van der Waals surface area contributed by atoms with E-state index in [0.717, 1.165) is 8.61 Å². The number of aliphatic hydroxyl groups excluding tert-OH is 1. The van der Waals surface area contributed by atoms with Gasteiger partial charge in [0.15, 0.2) is 6.29 Å². The number of benzene rings is 2. The van der Waals surface area contributed by atoms with Crippen molar-refractivity contribution < 1.29 is 54.6 Å². The monoisotopic (exact) mass is 1070 g/mol. The van der Waals surface area contributed by atoms with Crippen molar-refractivity contribution in [3.05, 3.63) is 115 Å². The molecule has 24 heteroatoms. The highest BCUT2D eigenvalue weighted by molar-refractivity contribution is 7.89. The predicted molar refractivity (Wildman–Crippen MR) is 267 cm³/mol. The van der Waals surface area contributed by atoms with Crippen LogP contribution in [-0.4, -0.2) is 121 Å². The van der Waals surface area contributed by atoms with Gasteiger partial charge in [0, 0.05) is 65.2 Å². The van der Waals surface area contributed by atoms with Crippen LogP contribution in [0.15, 0.2) is 70.0 Å². The van der Waals surface area contributed by atoms with E-state index < -0.39 is 61.2 Å². The Balaban J connectivity index is 0.000000375. The largest absolute Gasteiger partial charge is 0.444 e. The number of allylic oxidation sites excluding steroid dienone is 2. The summed E-state index contributed by atoms with van der Waals surface area (Å²) in [5, 5.41) is 24.1. The number of aldehydes is 1. The van der Waals surface area contributed by atoms with Crippen molar-refractivity contribution in [2.24, 2.45) is 0 Å². The lowest BCUT2D eigenvalue weighted by Gasteiger charge is -2.19. The van der Waals surface area contributed by atoms with Gasteiger partial charge in [0.25, 0.3) is 0 Å². The van der Waals surface area contributed by atoms with Crippen LogP contribution in [0, 0.1) is 13.8 Å². The van der Waals surface area contributed by atoms with Crippen molar-refractivity contribution in [2.45, 2.75) is 115 Å². The van der Waals surface area contributed by atoms with Crippen LogP contribution in [0.1, 0.15) is 104 Å². The van der Waals surface area contributed by atoms with Crippen LogP contribution in [-0.2, 0) is 55.5 Å². The van der Waals surface area contributed by atoms with Gasteiger partial charge in [-0.1, -0.05) is 35.3 Å². The number of alkyl carbamates (subject to hydrolysis) is 2. The zero-order chi connectivity index (χ0) is 54.0. The van der Waals surface area contributed by atoms with Crippen LogP contribution >= 0.6 is 23.2 Å². The van der Waals surface area contributed by atoms with Crippen molar-refractivity contribution >= 4 is 61.7 Å². The molecular formula is C47H64Cl2F2N8O10S2. The molecule has 0 saturated heterocycles. The fraction of sp³-hybridized carbons (Fsp3) is 0.468. The summed E-state index contributed by atoms with van der Waals surface area (Å²) >= 11 is 12.5. The number of nitrogens with zero attached hydrogens (tertiary/aromatic N) is 6. The molecule has 3 N–H and O–H groups in total. The number of sulfonamides is 2. The van der Waals surface area contributed by atoms with Gasteiger partial charge in [-0.05, 0) is 110 Å². The fourth-order valence-corrected chi connectivity index (χ4v) is 9.48. The zero-order valence-corrected chi connectivity index (χ0v) is 45.3. The van der Waals surface area contributed by atoms with E-state index in [-0.39, 0.29) is 58.1 Å². The normalized spacial score (nSPS) is 13.2. The SMILES string of the molecule is Cc1nn(C/C(F)=C/CNC(=O)OC(C)(C)C)c(C(C)O)c1Cc1ccc(S(=O)(=O)N(C)C)c(Cl)c1.Cc1nn(C/C(F)=C/CNC(=O)OC(C)(C)C)c(C=O)c1Cc1ccc(S(=O)(=O)N(C)C)c(Cl)c1. The molecule has 1 atom stereocenters. The summed E-state index contributed by atoms with van der Waals surface area (Å²) in [5.74, 6) is -1.15. The summed E-state index contributed by atoms with van der Waals surface area (Å²) in [6, 6.07) is 9.18. The summed E-state index contributed by atoms with van der Waals surface area (Å²) in [5.41, 5.74) is 3.02. The Morgan fingerprint density at radius 3 is 1.48 bits per heavy atom. The van der Waals surface area contributed by atoms with E-state index in [1.54, 1.807) is 80.5 Å². The molecule has 0 radical (unpaired) electrons. The number of halogens is 4. The third-order valence-corrected chi connectivity index (χ3v) is 14.5. The van der Waals surface area contributed by atoms with E-state index in [0.29, 0.717) is 52.0 Å². The molecule has 2 heterocycles. The van der Waals surface area contributed by atoms with E-state index in [1.807, 2.05) is 0 Å². The van der Waals surface area contributed by atoms with Crippen molar-refractivity contribution in [3.63, 3.8) is 0 Å². The van der Waals surface area contributed by atoms with Crippen molar-refractivity contribution in [2.75, 3.05) is 41.3 Å². The minimum atomic E-state index is -3.70. The molecule has 18 nitrogen and oxygen atoms in total. The molecule has 0 saturated carbocycles. The van der Waals surface area contributed by atoms with Crippen LogP contribution in [0.4, 0.5) is 18.4 Å². The van der Waals surface area contributed by atoms with Gasteiger partial charge < -0.3 is 25.2 Å². The minimum Gasteiger partial charge on any atom is -0.444 e. The number of hydrogen-bond donors (Lipinski definition) is 3. The average Bonchev–Trinajstić information content (AvgIpc) is 3.68. The number of aliphatic hydroxyl groups is 1. The first-order valence-corrected chi connectivity index (χ1v) is 25.6. The van der Waals surface area contributed by atoms with Gasteiger partial charge in [-0.15, -0.1) is 0 Å². The molecule has 0 aliphatic rings. The summed E-state index contributed by atoms with van der Waals surface area (Å²) < 4.78 is 93.6. The van der Waals surface area contributed by atoms with Gasteiger partial charge in [0.2, 0.25) is 20.0 Å². The molecule has 0 bridgehead atoms. The topological polar surface area (TPSA) is 224 Å². The lowest BCUT2D eigenvalue weighted by atomic mass is 10.0. The van der Waals surface area contributed by atoms with E-state index in [1.165, 1.54) is 67.9 Å². The molecule has 0 spiro atoms. The maximum atomic E-state index is 14.6. The molecule has 0 aliphatic carbocycles. The molecule has 1 unspecified atom stereocenters. The number of hydrogen-bond acceptors (Lipinski definition) is 12. The molecule has 0 aliphatic heterocycles. The summed E-state index contributed by atoms with van der Waals surface area (Å²) in [4.78, 5) is 35.2. The lowest BCUT2D eigenvalue weighted by molar-refractivity contribution is 0.0522. The second kappa shape index (κ2) is 24.9. The smallest absolute Gasteiger partial charge is 0.407 e. The van der Waals surface area contributed by atoms with E-state index in [2.05, 4.69) is 20.8 Å². The van der Waals surface area contributed by atoms with Crippen LogP contribution in [0.25, 0.3) is 0 Å². The third kappa shape index (κ3) is 17.5. The highest BCUT2D eigenvalue weighted by atomic mass is 35.5. The Morgan fingerprint density at radius 1 is 0.732 bits per heavy atom. The Hall–Kier alpha value is -5.23. The second-order valence-corrected chi connectivity index (χ2v) is 23.6. The Kier molecular flexibility index (Phi) is 21.1. The molecule has 2 aromatic heterocycles. The number of rotatable bonds is 18. The molecular weight excluding hydrogens is 1010 g/mol. The Labute approximate surface area is 425 Å². The van der Waals surface area contributed by atoms with Gasteiger partial charge in [-0.25, -0.2) is 43.8 Å². The molecule has 4 aromatic rings. The standard InChI is InChI=1S/C24H34ClFN4O5S.C23H30ClFN4O5S/c1-15-19(12-17-8-9-21(20(25)13-17)36(33,34)29(6)7)22(16(2)31)30(28-15)14-18(26)10-11-27-23(32)35-24(3,4)5;1-15-18(11-16-7-8-21(19(24)12-16)35(32,33)28(5)6)20(14-30)29(27-15)13-17(25)9-10-26-22(31)34-23(2,3)4/h8-10,13,16,31H,11-12,14H2,1-7H3,(H,27,32);7-9,12,14H,10-11,13H2,1-6H3,(H,26,31)/b18-10-;17-9-. The fourth-order valence-electron chi connectivity index (χ4n) is 6.61. The van der Waals surface area contributed by atoms with Gasteiger partial charge in [-0.3, -0.25) is 14.2 Å². The first kappa shape index (κ1) is 60.1. The molecule has 0 fully saturated rings. The maximum absolute atomic E-state index is 14.6. The first-order chi connectivity index (χ1) is 32.7. The van der Waals surface area contributed by atoms with Crippen LogP contribution in [0.2, 0.25) is 10.0 Å². The van der Waals surface area contributed by atoms with E-state index in [9.17, 15) is 45.1 Å². The molecule has 2 aromatic carbocycles. The molecule has 4 rings (SSSR count). The van der Waals surface area contributed by atoms with Crippen LogP contribution in [0.3, 0.4) is 0 Å². The number of carbonyl (C=O) groups is 3. The third-order valence-electron chi connectivity index (χ3n) is 9.91. The van der Waals surface area contributed by atoms with Crippen molar-refractivity contribution in [3.8, 4) is 0 Å². The second-order valence-electron chi connectivity index (χ2n) is 18.5. The predicted octanol–water partition coefficient (Wildman–Crippen LogP) is 7.99. The van der Waals surface area contributed by atoms with Gasteiger partial charge >= 0.3 is 12.2 Å². The lowest BCUT2D eigenvalue weighted by Crippen LogP contribution is -2.32. The summed E-state index contributed by atoms with van der Waals surface area (Å²) in [6.07, 6.45) is 1.24. The maximum Gasteiger partial charge on any atom is 0.407 e. The number of carbonyl (C=O) groups excluding carboxylic acids is 3. The number of nitrogens with one attached hydrogen (secondary N) is 2. The number of aromatic nitrogens is 4. The quantitative estimate of drug-likeness (QED) is 0.0807. The Bertz CT molecular complexity index is 2850. The van der Waals surface area contributed by atoms with Gasteiger partial charge in [-0.2, -0.15) is 10.2 Å². The number of ether oxygens (including phenoxy) is 2. The van der Waals surface area contributed by atoms with E-state index >= 15 is 0 Å². The summed E-state index contributed by atoms with van der Waals surface area (Å²) in [6.45, 7) is 14.6. The minimum absolute atomic E-state index is 0.00622. The number of aryl methyl sites for hydroxylation is 2. The average molecular weight is 1070 g/mol. The van der Waals surface area contributed by atoms with E-state index in [4.69, 9.17) is 32.7 Å². The molecule has 392 valence electrons. The highest BCUT2D eigenvalue weighted by Gasteiger charge is 2.25. The van der Waals surface area contributed by atoms with Crippen molar-refractivity contribution in [1.29, 1.82) is 0 Å². The Morgan fingerprint density at radius 2 is 1.11 bits per heavy atom.